The molecule has 78 valence electrons. The number of carbonyl (C=O) groups excluding carboxylic acids is 1. The summed E-state index contributed by atoms with van der Waals surface area (Å²) in [4.78, 5) is 11.6. The van der Waals surface area contributed by atoms with Crippen LogP contribution in [0.5, 0.6) is 0 Å². The van der Waals surface area contributed by atoms with Crippen LogP contribution in [0.1, 0.15) is 27.7 Å². The van der Waals surface area contributed by atoms with Gasteiger partial charge in [0, 0.05) is 5.70 Å². The van der Waals surface area contributed by atoms with Crippen LogP contribution in [-0.4, -0.2) is 5.78 Å². The number of rotatable bonds is 2. The number of ketones is 1. The van der Waals surface area contributed by atoms with E-state index in [0.717, 1.165) is 11.3 Å². The molecule has 0 aromatic carbocycles. The van der Waals surface area contributed by atoms with Gasteiger partial charge in [0.1, 0.15) is 0 Å². The molecule has 0 radical (unpaired) electrons. The fourth-order valence-electron chi connectivity index (χ4n) is 1.92. The number of hydrogen-bond acceptors (Lipinski definition) is 2. The van der Waals surface area contributed by atoms with Crippen LogP contribution in [0.2, 0.25) is 0 Å². The Morgan fingerprint density at radius 2 is 1.79 bits per heavy atom. The fourth-order valence-corrected chi connectivity index (χ4v) is 1.92. The first-order valence-corrected chi connectivity index (χ1v) is 5.16. The number of allylic oxidation sites excluding steroid dienone is 4. The molecule has 0 amide bonds. The Morgan fingerprint density at radius 1 is 1.21 bits per heavy atom. The average molecular weight is 193 g/mol. The van der Waals surface area contributed by atoms with Crippen molar-refractivity contribution >= 4 is 5.78 Å². The van der Waals surface area contributed by atoms with Gasteiger partial charge in [0.2, 0.25) is 0 Å². The zero-order valence-corrected chi connectivity index (χ0v) is 9.37. The summed E-state index contributed by atoms with van der Waals surface area (Å²) in [6.45, 7) is 8.26. The molecule has 0 saturated carbocycles. The molecule has 0 saturated heterocycles. The molecule has 0 fully saturated rings. The van der Waals surface area contributed by atoms with Gasteiger partial charge in [0.05, 0.1) is 5.92 Å². The van der Waals surface area contributed by atoms with Crippen LogP contribution in [0.25, 0.3) is 0 Å². The van der Waals surface area contributed by atoms with E-state index < -0.39 is 0 Å². The van der Waals surface area contributed by atoms with Gasteiger partial charge in [-0.05, 0) is 23.5 Å². The zero-order valence-electron chi connectivity index (χ0n) is 9.37. The standard InChI is InChI=1S/C12H19NO/c1-7(2)9-5-6-10(14)11(8(3)4)12(9)13/h5-8,11H,13H2,1-4H3. The second-order valence-corrected chi connectivity index (χ2v) is 4.52. The molecule has 1 atom stereocenters. The number of hydrogen-bond donors (Lipinski definition) is 1. The normalized spacial score (nSPS) is 22.7. The quantitative estimate of drug-likeness (QED) is 0.731. The smallest absolute Gasteiger partial charge is 0.164 e. The fraction of sp³-hybridized carbons (Fsp3) is 0.583. The minimum Gasteiger partial charge on any atom is -0.401 e. The van der Waals surface area contributed by atoms with Gasteiger partial charge in [-0.25, -0.2) is 0 Å². The molecule has 0 aliphatic heterocycles. The molecular weight excluding hydrogens is 174 g/mol. The second-order valence-electron chi connectivity index (χ2n) is 4.52. The van der Waals surface area contributed by atoms with Crippen LogP contribution < -0.4 is 5.73 Å². The Balaban J connectivity index is 3.08. The lowest BCUT2D eigenvalue weighted by Gasteiger charge is -2.25. The third-order valence-corrected chi connectivity index (χ3v) is 2.69. The van der Waals surface area contributed by atoms with Crippen LogP contribution in [-0.2, 0) is 4.79 Å². The molecule has 0 spiro atoms. The summed E-state index contributed by atoms with van der Waals surface area (Å²) in [7, 11) is 0. The highest BCUT2D eigenvalue weighted by Crippen LogP contribution is 2.28. The topological polar surface area (TPSA) is 43.1 Å². The van der Waals surface area contributed by atoms with Gasteiger partial charge >= 0.3 is 0 Å². The monoisotopic (exact) mass is 193 g/mol. The maximum absolute atomic E-state index is 11.6. The van der Waals surface area contributed by atoms with Crippen LogP contribution in [0.3, 0.4) is 0 Å². The third kappa shape index (κ3) is 1.89. The first-order valence-electron chi connectivity index (χ1n) is 5.16. The van der Waals surface area contributed by atoms with E-state index in [-0.39, 0.29) is 17.6 Å². The van der Waals surface area contributed by atoms with Crippen LogP contribution >= 0.6 is 0 Å². The highest BCUT2D eigenvalue weighted by molar-refractivity contribution is 5.95. The Kier molecular flexibility index (Phi) is 3.14. The van der Waals surface area contributed by atoms with Crippen LogP contribution in [0, 0.1) is 17.8 Å². The van der Waals surface area contributed by atoms with Crippen molar-refractivity contribution in [1.82, 2.24) is 0 Å². The van der Waals surface area contributed by atoms with E-state index in [1.807, 2.05) is 19.9 Å². The Labute approximate surface area is 85.9 Å². The lowest BCUT2D eigenvalue weighted by molar-refractivity contribution is -0.118. The zero-order chi connectivity index (χ0) is 10.9. The Morgan fingerprint density at radius 3 is 2.21 bits per heavy atom. The maximum atomic E-state index is 11.6. The van der Waals surface area contributed by atoms with E-state index in [1.54, 1.807) is 6.08 Å². The molecule has 1 rings (SSSR count). The Bertz CT molecular complexity index is 297. The van der Waals surface area contributed by atoms with E-state index in [9.17, 15) is 4.79 Å². The van der Waals surface area contributed by atoms with Gasteiger partial charge in [-0.15, -0.1) is 0 Å². The Hall–Kier alpha value is -1.05. The molecule has 1 aliphatic carbocycles. The van der Waals surface area contributed by atoms with Gasteiger partial charge in [-0.2, -0.15) is 0 Å². The largest absolute Gasteiger partial charge is 0.401 e. The molecule has 2 nitrogen and oxygen atoms in total. The lowest BCUT2D eigenvalue weighted by atomic mass is 9.80. The minimum absolute atomic E-state index is 0.114. The van der Waals surface area contributed by atoms with E-state index >= 15 is 0 Å². The number of carbonyl (C=O) groups is 1. The predicted octanol–water partition coefficient (Wildman–Crippen LogP) is 2.27. The summed E-state index contributed by atoms with van der Waals surface area (Å²) < 4.78 is 0. The summed E-state index contributed by atoms with van der Waals surface area (Å²) in [5.41, 5.74) is 7.90. The van der Waals surface area contributed by atoms with Crippen LogP contribution in [0.15, 0.2) is 23.4 Å². The summed E-state index contributed by atoms with van der Waals surface area (Å²) >= 11 is 0. The van der Waals surface area contributed by atoms with Gasteiger partial charge in [0.15, 0.2) is 5.78 Å². The first kappa shape index (κ1) is 11.0. The second kappa shape index (κ2) is 3.99. The molecule has 0 aromatic rings. The van der Waals surface area contributed by atoms with Crippen molar-refractivity contribution in [3.05, 3.63) is 23.4 Å². The van der Waals surface area contributed by atoms with Crippen molar-refractivity contribution < 1.29 is 4.79 Å². The molecule has 14 heavy (non-hydrogen) atoms. The molecule has 0 aromatic heterocycles. The third-order valence-electron chi connectivity index (χ3n) is 2.69. The number of nitrogens with two attached hydrogens (primary N) is 1. The molecule has 2 heteroatoms. The summed E-state index contributed by atoms with van der Waals surface area (Å²) in [5, 5.41) is 0. The summed E-state index contributed by atoms with van der Waals surface area (Å²) in [5.74, 6) is 0.695. The van der Waals surface area contributed by atoms with Crippen molar-refractivity contribution in [2.45, 2.75) is 27.7 Å². The molecule has 2 N–H and O–H groups in total. The van der Waals surface area contributed by atoms with Gasteiger partial charge in [0.25, 0.3) is 0 Å². The van der Waals surface area contributed by atoms with Crippen molar-refractivity contribution in [3.63, 3.8) is 0 Å². The SMILES string of the molecule is CC(C)C1=C(N)C(C(C)C)C(=O)C=C1. The molecule has 0 bridgehead atoms. The highest BCUT2D eigenvalue weighted by Gasteiger charge is 2.28. The van der Waals surface area contributed by atoms with Gasteiger partial charge in [-0.1, -0.05) is 33.8 Å². The highest BCUT2D eigenvalue weighted by atomic mass is 16.1. The van der Waals surface area contributed by atoms with E-state index in [4.69, 9.17) is 5.73 Å². The molecule has 0 heterocycles. The minimum atomic E-state index is -0.114. The summed E-state index contributed by atoms with van der Waals surface area (Å²) in [6.07, 6.45) is 3.53. The molecular formula is C12H19NO. The van der Waals surface area contributed by atoms with Crippen molar-refractivity contribution in [3.8, 4) is 0 Å². The van der Waals surface area contributed by atoms with Crippen LogP contribution in [0.4, 0.5) is 0 Å². The van der Waals surface area contributed by atoms with E-state index in [0.29, 0.717) is 5.92 Å². The maximum Gasteiger partial charge on any atom is 0.164 e. The lowest BCUT2D eigenvalue weighted by Crippen LogP contribution is -2.29. The van der Waals surface area contributed by atoms with E-state index in [1.165, 1.54) is 0 Å². The summed E-state index contributed by atoms with van der Waals surface area (Å²) in [6, 6.07) is 0. The van der Waals surface area contributed by atoms with Gasteiger partial charge < -0.3 is 5.73 Å². The van der Waals surface area contributed by atoms with E-state index in [2.05, 4.69) is 13.8 Å². The van der Waals surface area contributed by atoms with Crippen molar-refractivity contribution in [2.24, 2.45) is 23.5 Å². The van der Waals surface area contributed by atoms with Crippen molar-refractivity contribution in [2.75, 3.05) is 0 Å². The van der Waals surface area contributed by atoms with Gasteiger partial charge in [-0.3, -0.25) is 4.79 Å². The average Bonchev–Trinajstić information content (AvgIpc) is 2.02. The molecule has 1 unspecified atom stereocenters. The predicted molar refractivity (Wildman–Crippen MR) is 58.5 cm³/mol. The van der Waals surface area contributed by atoms with Crippen molar-refractivity contribution in [1.29, 1.82) is 0 Å². The first-order chi connectivity index (χ1) is 6.45. The molecule has 1 aliphatic rings.